The molecule has 0 atom stereocenters. The van der Waals surface area contributed by atoms with E-state index < -0.39 is 11.4 Å². The zero-order chi connectivity index (χ0) is 15.9. The second kappa shape index (κ2) is 5.00. The van der Waals surface area contributed by atoms with Crippen LogP contribution < -0.4 is 10.4 Å². The largest absolute Gasteiger partial charge is 0.507 e. The molecule has 0 amide bonds. The second-order valence-electron chi connectivity index (χ2n) is 4.66. The molecule has 3 aromatic rings. The molecule has 0 aliphatic rings. The Morgan fingerprint density at radius 1 is 1.05 bits per heavy atom. The molecule has 3 N–H and O–H groups in total. The molecule has 0 saturated heterocycles. The smallest absolute Gasteiger partial charge is 0.348 e. The molecule has 1 aromatic heterocycles. The van der Waals surface area contributed by atoms with E-state index >= 15 is 0 Å². The van der Waals surface area contributed by atoms with E-state index in [1.807, 2.05) is 0 Å². The van der Waals surface area contributed by atoms with Gasteiger partial charge in [-0.25, -0.2) is 4.79 Å². The van der Waals surface area contributed by atoms with Gasteiger partial charge >= 0.3 is 5.63 Å². The summed E-state index contributed by atoms with van der Waals surface area (Å²) in [6.07, 6.45) is 0. The number of benzene rings is 2. The van der Waals surface area contributed by atoms with Crippen LogP contribution in [0.1, 0.15) is 0 Å². The lowest BCUT2D eigenvalue weighted by Crippen LogP contribution is -2.02. The van der Waals surface area contributed by atoms with Gasteiger partial charge < -0.3 is 24.5 Å². The molecule has 6 heteroatoms. The van der Waals surface area contributed by atoms with Gasteiger partial charge in [-0.2, -0.15) is 0 Å². The molecule has 0 bridgehead atoms. The number of phenolic OH excluding ortho intramolecular Hbond substituents is 3. The average Bonchev–Trinajstić information content (AvgIpc) is 2.47. The molecule has 112 valence electrons. The Labute approximate surface area is 124 Å². The van der Waals surface area contributed by atoms with Gasteiger partial charge in [-0.15, -0.1) is 0 Å². The van der Waals surface area contributed by atoms with Crippen LogP contribution in [0, 0.1) is 0 Å². The van der Waals surface area contributed by atoms with E-state index in [2.05, 4.69) is 0 Å². The molecule has 0 aliphatic carbocycles. The molecular weight excluding hydrogens is 288 g/mol. The number of rotatable bonds is 2. The molecular formula is C16H12O6. The molecule has 6 nitrogen and oxygen atoms in total. The van der Waals surface area contributed by atoms with Crippen molar-refractivity contribution in [2.75, 3.05) is 7.11 Å². The van der Waals surface area contributed by atoms with Crippen LogP contribution in [0.4, 0.5) is 0 Å². The fraction of sp³-hybridized carbons (Fsp3) is 0.0625. The van der Waals surface area contributed by atoms with Crippen LogP contribution in [0.5, 0.6) is 23.0 Å². The topological polar surface area (TPSA) is 100 Å². The summed E-state index contributed by atoms with van der Waals surface area (Å²) in [6.45, 7) is 0. The minimum absolute atomic E-state index is 0.0491. The Balaban J connectivity index is 2.35. The van der Waals surface area contributed by atoms with Crippen molar-refractivity contribution in [2.24, 2.45) is 0 Å². The molecule has 22 heavy (non-hydrogen) atoms. The van der Waals surface area contributed by atoms with E-state index in [4.69, 9.17) is 9.15 Å². The van der Waals surface area contributed by atoms with Crippen LogP contribution in [-0.2, 0) is 0 Å². The maximum Gasteiger partial charge on any atom is 0.348 e. The minimum Gasteiger partial charge on any atom is -0.507 e. The average molecular weight is 300 g/mol. The number of fused-ring (bicyclic) bond motifs is 1. The number of para-hydroxylation sites is 1. The Hall–Kier alpha value is -3.15. The summed E-state index contributed by atoms with van der Waals surface area (Å²) in [6, 6.07) is 9.10. The lowest BCUT2D eigenvalue weighted by atomic mass is 10.1. The van der Waals surface area contributed by atoms with Crippen LogP contribution in [-0.4, -0.2) is 22.4 Å². The second-order valence-corrected chi connectivity index (χ2v) is 4.66. The van der Waals surface area contributed by atoms with Gasteiger partial charge in [0, 0.05) is 5.39 Å². The molecule has 1 heterocycles. The molecule has 0 fully saturated rings. The van der Waals surface area contributed by atoms with Crippen molar-refractivity contribution in [3.8, 4) is 34.3 Å². The SMILES string of the molecule is COc1c(O)cc2cc(-c3ccccc3O)oc(=O)c2c1O. The third-order valence-corrected chi connectivity index (χ3v) is 3.33. The predicted octanol–water partition coefficient (Wildman–Crippen LogP) is 2.59. The number of aromatic hydroxyl groups is 3. The van der Waals surface area contributed by atoms with Crippen LogP contribution in [0.3, 0.4) is 0 Å². The van der Waals surface area contributed by atoms with Crippen molar-refractivity contribution in [1.82, 2.24) is 0 Å². The molecule has 0 radical (unpaired) electrons. The summed E-state index contributed by atoms with van der Waals surface area (Å²) < 4.78 is 10.0. The van der Waals surface area contributed by atoms with Gasteiger partial charge in [0.1, 0.15) is 16.9 Å². The summed E-state index contributed by atoms with van der Waals surface area (Å²) >= 11 is 0. The Bertz CT molecular complexity index is 926. The molecule has 2 aromatic carbocycles. The Morgan fingerprint density at radius 3 is 2.45 bits per heavy atom. The Kier molecular flexibility index (Phi) is 3.14. The highest BCUT2D eigenvalue weighted by Gasteiger charge is 2.18. The maximum atomic E-state index is 12.1. The fourth-order valence-electron chi connectivity index (χ4n) is 2.32. The van der Waals surface area contributed by atoms with Gasteiger partial charge in [-0.3, -0.25) is 0 Å². The van der Waals surface area contributed by atoms with E-state index in [9.17, 15) is 20.1 Å². The van der Waals surface area contributed by atoms with Crippen LogP contribution in [0.2, 0.25) is 0 Å². The van der Waals surface area contributed by atoms with Gasteiger partial charge in [0.25, 0.3) is 0 Å². The van der Waals surface area contributed by atoms with Crippen molar-refractivity contribution in [1.29, 1.82) is 0 Å². The number of ether oxygens (including phenoxy) is 1. The maximum absolute atomic E-state index is 12.1. The van der Waals surface area contributed by atoms with Crippen LogP contribution in [0.15, 0.2) is 45.6 Å². The van der Waals surface area contributed by atoms with Gasteiger partial charge in [0.05, 0.1) is 12.7 Å². The molecule has 0 aliphatic heterocycles. The van der Waals surface area contributed by atoms with Gasteiger partial charge in [-0.05, 0) is 24.3 Å². The highest BCUT2D eigenvalue weighted by atomic mass is 16.5. The summed E-state index contributed by atoms with van der Waals surface area (Å²) in [5, 5.41) is 29.9. The zero-order valence-corrected chi connectivity index (χ0v) is 11.5. The van der Waals surface area contributed by atoms with E-state index in [1.54, 1.807) is 18.2 Å². The van der Waals surface area contributed by atoms with Crippen molar-refractivity contribution in [2.45, 2.75) is 0 Å². The van der Waals surface area contributed by atoms with E-state index in [0.29, 0.717) is 5.56 Å². The molecule has 0 unspecified atom stereocenters. The Morgan fingerprint density at radius 2 is 1.77 bits per heavy atom. The highest BCUT2D eigenvalue weighted by molar-refractivity contribution is 5.93. The number of hydrogen-bond acceptors (Lipinski definition) is 6. The first-order valence-electron chi connectivity index (χ1n) is 6.38. The van der Waals surface area contributed by atoms with E-state index in [0.717, 1.165) is 0 Å². The summed E-state index contributed by atoms with van der Waals surface area (Å²) in [4.78, 5) is 12.1. The number of hydrogen-bond donors (Lipinski definition) is 3. The van der Waals surface area contributed by atoms with Crippen molar-refractivity contribution in [3.05, 3.63) is 46.8 Å². The third-order valence-electron chi connectivity index (χ3n) is 3.33. The summed E-state index contributed by atoms with van der Waals surface area (Å²) in [7, 11) is 1.26. The first kappa shape index (κ1) is 13.8. The van der Waals surface area contributed by atoms with Crippen molar-refractivity contribution in [3.63, 3.8) is 0 Å². The third kappa shape index (κ3) is 2.01. The lowest BCUT2D eigenvalue weighted by molar-refractivity contribution is 0.346. The zero-order valence-electron chi connectivity index (χ0n) is 11.5. The molecule has 0 spiro atoms. The van der Waals surface area contributed by atoms with Crippen LogP contribution >= 0.6 is 0 Å². The monoisotopic (exact) mass is 300 g/mol. The van der Waals surface area contributed by atoms with E-state index in [1.165, 1.54) is 25.3 Å². The van der Waals surface area contributed by atoms with Gasteiger partial charge in [0.2, 0.25) is 5.75 Å². The minimum atomic E-state index is -0.799. The fourth-order valence-corrected chi connectivity index (χ4v) is 2.32. The number of phenols is 3. The first-order valence-corrected chi connectivity index (χ1v) is 6.38. The quantitative estimate of drug-likeness (QED) is 0.672. The number of methoxy groups -OCH3 is 1. The normalized spacial score (nSPS) is 10.8. The predicted molar refractivity (Wildman–Crippen MR) is 79.5 cm³/mol. The van der Waals surface area contributed by atoms with E-state index in [-0.39, 0.29) is 33.8 Å². The first-order chi connectivity index (χ1) is 10.5. The van der Waals surface area contributed by atoms with Crippen molar-refractivity contribution >= 4 is 10.8 Å². The van der Waals surface area contributed by atoms with Crippen molar-refractivity contribution < 1.29 is 24.5 Å². The standard InChI is InChI=1S/C16H12O6/c1-21-15-11(18)6-8-7-12(9-4-2-3-5-10(9)17)22-16(20)13(8)14(15)19/h2-7,17-19H,1H3. The molecule has 3 rings (SSSR count). The van der Waals surface area contributed by atoms with Gasteiger partial charge in [0.15, 0.2) is 11.5 Å². The van der Waals surface area contributed by atoms with Gasteiger partial charge in [-0.1, -0.05) is 12.1 Å². The summed E-state index contributed by atoms with van der Waals surface area (Å²) in [5.74, 6) is -0.918. The summed E-state index contributed by atoms with van der Waals surface area (Å²) in [5.41, 5.74) is -0.470. The highest BCUT2D eigenvalue weighted by Crippen LogP contribution is 2.41. The lowest BCUT2D eigenvalue weighted by Gasteiger charge is -2.09. The van der Waals surface area contributed by atoms with Crippen LogP contribution in [0.25, 0.3) is 22.1 Å². The molecule has 0 saturated carbocycles.